The Hall–Kier alpha value is -2.95. The van der Waals surface area contributed by atoms with Gasteiger partial charge in [-0.3, -0.25) is 4.79 Å². The number of benzene rings is 2. The number of rotatable bonds is 2. The average molecular weight is 322 g/mol. The number of amides is 1. The van der Waals surface area contributed by atoms with Crippen LogP contribution in [0.25, 0.3) is 11.3 Å². The lowest BCUT2D eigenvalue weighted by atomic mass is 10.1. The first-order chi connectivity index (χ1) is 11.6. The van der Waals surface area contributed by atoms with Crippen molar-refractivity contribution in [1.29, 1.82) is 0 Å². The molecule has 1 amide bonds. The van der Waals surface area contributed by atoms with E-state index in [1.807, 2.05) is 31.2 Å². The largest absolute Gasteiger partial charge is 0.355 e. The summed E-state index contributed by atoms with van der Waals surface area (Å²) in [6.07, 6.45) is 0.805. The normalized spacial score (nSPS) is 16.2. The van der Waals surface area contributed by atoms with Crippen molar-refractivity contribution in [3.8, 4) is 11.3 Å². The number of nitrogens with zero attached hydrogens (tertiary/aromatic N) is 2. The van der Waals surface area contributed by atoms with Crippen molar-refractivity contribution in [1.82, 2.24) is 5.16 Å². The lowest BCUT2D eigenvalue weighted by Crippen LogP contribution is -2.35. The Bertz CT molecular complexity index is 919. The van der Waals surface area contributed by atoms with Crippen LogP contribution in [0.1, 0.15) is 23.0 Å². The zero-order valence-electron chi connectivity index (χ0n) is 13.1. The van der Waals surface area contributed by atoms with Crippen LogP contribution in [0.2, 0.25) is 0 Å². The molecule has 24 heavy (non-hydrogen) atoms. The smallest absolute Gasteiger partial charge is 0.280 e. The molecule has 4 rings (SSSR count). The second kappa shape index (κ2) is 5.60. The summed E-state index contributed by atoms with van der Waals surface area (Å²) in [5, 5.41) is 3.85. The molecule has 1 aromatic heterocycles. The molecule has 0 saturated carbocycles. The maximum Gasteiger partial charge on any atom is 0.280 e. The van der Waals surface area contributed by atoms with Crippen LogP contribution in [-0.2, 0) is 6.42 Å². The van der Waals surface area contributed by atoms with Crippen molar-refractivity contribution >= 4 is 11.6 Å². The van der Waals surface area contributed by atoms with Gasteiger partial charge in [-0.15, -0.1) is 0 Å². The van der Waals surface area contributed by atoms with Crippen LogP contribution in [0.5, 0.6) is 0 Å². The molecule has 0 fully saturated rings. The molecule has 120 valence electrons. The van der Waals surface area contributed by atoms with Gasteiger partial charge in [-0.05, 0) is 37.1 Å². The molecule has 1 aliphatic heterocycles. The molecule has 0 N–H and O–H groups in total. The van der Waals surface area contributed by atoms with Gasteiger partial charge in [0.15, 0.2) is 11.5 Å². The number of para-hydroxylation sites is 1. The summed E-state index contributed by atoms with van der Waals surface area (Å²) in [6, 6.07) is 15.6. The molecule has 0 spiro atoms. The molecule has 2 heterocycles. The monoisotopic (exact) mass is 322 g/mol. The number of fused-ring (bicyclic) bond motifs is 1. The molecule has 0 bridgehead atoms. The Kier molecular flexibility index (Phi) is 3.41. The van der Waals surface area contributed by atoms with Gasteiger partial charge in [0.05, 0.1) is 5.56 Å². The molecule has 1 atom stereocenters. The molecule has 5 heteroatoms. The highest BCUT2D eigenvalue weighted by Crippen LogP contribution is 2.33. The van der Waals surface area contributed by atoms with E-state index in [9.17, 15) is 9.18 Å². The van der Waals surface area contributed by atoms with Crippen LogP contribution in [0.3, 0.4) is 0 Å². The van der Waals surface area contributed by atoms with E-state index in [-0.39, 0.29) is 23.4 Å². The van der Waals surface area contributed by atoms with Gasteiger partial charge in [-0.25, -0.2) is 4.39 Å². The number of halogens is 1. The van der Waals surface area contributed by atoms with Gasteiger partial charge in [0, 0.05) is 17.8 Å². The summed E-state index contributed by atoms with van der Waals surface area (Å²) in [4.78, 5) is 14.6. The second-order valence-corrected chi connectivity index (χ2v) is 5.91. The molecule has 1 aliphatic rings. The maximum absolute atomic E-state index is 13.9. The van der Waals surface area contributed by atoms with Gasteiger partial charge in [0.25, 0.3) is 5.91 Å². The van der Waals surface area contributed by atoms with E-state index in [0.717, 1.165) is 17.7 Å². The summed E-state index contributed by atoms with van der Waals surface area (Å²) >= 11 is 0. The van der Waals surface area contributed by atoms with Crippen LogP contribution in [0.15, 0.2) is 59.1 Å². The first-order valence-corrected chi connectivity index (χ1v) is 7.78. The number of hydrogen-bond acceptors (Lipinski definition) is 3. The Balaban J connectivity index is 1.68. The highest BCUT2D eigenvalue weighted by atomic mass is 19.1. The van der Waals surface area contributed by atoms with Crippen LogP contribution >= 0.6 is 0 Å². The zero-order chi connectivity index (χ0) is 16.7. The highest BCUT2D eigenvalue weighted by Gasteiger charge is 2.32. The number of hydrogen-bond donors (Lipinski definition) is 0. The minimum atomic E-state index is -0.410. The van der Waals surface area contributed by atoms with Crippen molar-refractivity contribution < 1.29 is 13.7 Å². The fraction of sp³-hybridized carbons (Fsp3) is 0.158. The Labute approximate surface area is 138 Å². The van der Waals surface area contributed by atoms with E-state index in [1.165, 1.54) is 12.1 Å². The quantitative estimate of drug-likeness (QED) is 0.714. The number of aromatic nitrogens is 1. The van der Waals surface area contributed by atoms with Crippen LogP contribution in [0, 0.1) is 5.82 Å². The van der Waals surface area contributed by atoms with E-state index < -0.39 is 5.82 Å². The minimum absolute atomic E-state index is 0.0449. The molecule has 0 aliphatic carbocycles. The number of carbonyl (C=O) groups excluding carboxylic acids is 1. The lowest BCUT2D eigenvalue weighted by molar-refractivity contribution is 0.0973. The third-order valence-corrected chi connectivity index (χ3v) is 4.29. The SMILES string of the molecule is CC1Cc2ccccc2N1C(=O)c1cc(-c2ccccc2F)on1. The molecule has 0 radical (unpaired) electrons. The third kappa shape index (κ3) is 2.29. The zero-order valence-corrected chi connectivity index (χ0v) is 13.1. The summed E-state index contributed by atoms with van der Waals surface area (Å²) < 4.78 is 19.1. The Morgan fingerprint density at radius 1 is 1.21 bits per heavy atom. The van der Waals surface area contributed by atoms with Gasteiger partial charge >= 0.3 is 0 Å². The molecule has 1 unspecified atom stereocenters. The van der Waals surface area contributed by atoms with Crippen molar-refractivity contribution in [2.24, 2.45) is 0 Å². The molecular weight excluding hydrogens is 307 g/mol. The molecular formula is C19H15FN2O2. The van der Waals surface area contributed by atoms with Crippen molar-refractivity contribution in [2.45, 2.75) is 19.4 Å². The predicted octanol–water partition coefficient (Wildman–Crippen LogP) is 4.07. The Morgan fingerprint density at radius 2 is 1.96 bits per heavy atom. The van der Waals surface area contributed by atoms with Crippen molar-refractivity contribution in [3.63, 3.8) is 0 Å². The summed E-state index contributed by atoms with van der Waals surface area (Å²) in [7, 11) is 0. The third-order valence-electron chi connectivity index (χ3n) is 4.29. The predicted molar refractivity (Wildman–Crippen MR) is 88.3 cm³/mol. The highest BCUT2D eigenvalue weighted by molar-refractivity contribution is 6.06. The van der Waals surface area contributed by atoms with E-state index in [2.05, 4.69) is 5.16 Å². The lowest BCUT2D eigenvalue weighted by Gasteiger charge is -2.21. The van der Waals surface area contributed by atoms with E-state index in [0.29, 0.717) is 5.56 Å². The van der Waals surface area contributed by atoms with Gasteiger partial charge in [0.1, 0.15) is 5.82 Å². The second-order valence-electron chi connectivity index (χ2n) is 5.91. The molecule has 3 aromatic rings. The molecule has 0 saturated heterocycles. The van der Waals surface area contributed by atoms with E-state index in [4.69, 9.17) is 4.52 Å². The maximum atomic E-state index is 13.9. The number of carbonyl (C=O) groups is 1. The first-order valence-electron chi connectivity index (χ1n) is 7.78. The molecule has 2 aromatic carbocycles. The van der Waals surface area contributed by atoms with Crippen molar-refractivity contribution in [2.75, 3.05) is 4.90 Å². The number of anilines is 1. The summed E-state index contributed by atoms with van der Waals surface area (Å²) in [5.41, 5.74) is 2.50. The van der Waals surface area contributed by atoms with Gasteiger partial charge in [-0.1, -0.05) is 35.5 Å². The fourth-order valence-corrected chi connectivity index (χ4v) is 3.16. The van der Waals surface area contributed by atoms with Crippen LogP contribution in [0.4, 0.5) is 10.1 Å². The van der Waals surface area contributed by atoms with Crippen LogP contribution in [-0.4, -0.2) is 17.1 Å². The Morgan fingerprint density at radius 3 is 2.79 bits per heavy atom. The minimum Gasteiger partial charge on any atom is -0.355 e. The van der Waals surface area contributed by atoms with Gasteiger partial charge < -0.3 is 9.42 Å². The van der Waals surface area contributed by atoms with Gasteiger partial charge in [0.2, 0.25) is 0 Å². The standard InChI is InChI=1S/C19H15FN2O2/c1-12-10-13-6-2-5-9-17(13)22(12)19(23)16-11-18(24-21-16)14-7-3-4-8-15(14)20/h2-9,11-12H,10H2,1H3. The fourth-order valence-electron chi connectivity index (χ4n) is 3.16. The molecule has 4 nitrogen and oxygen atoms in total. The van der Waals surface area contributed by atoms with Crippen LogP contribution < -0.4 is 4.90 Å². The van der Waals surface area contributed by atoms with Crippen molar-refractivity contribution in [3.05, 3.63) is 71.7 Å². The topological polar surface area (TPSA) is 46.3 Å². The summed E-state index contributed by atoms with van der Waals surface area (Å²) in [6.45, 7) is 2.00. The van der Waals surface area contributed by atoms with Gasteiger partial charge in [-0.2, -0.15) is 0 Å². The van der Waals surface area contributed by atoms with E-state index >= 15 is 0 Å². The average Bonchev–Trinajstić information content (AvgIpc) is 3.18. The summed E-state index contributed by atoms with van der Waals surface area (Å²) in [5.74, 6) is -0.400. The first kappa shape index (κ1) is 14.6. The van der Waals surface area contributed by atoms with E-state index in [1.54, 1.807) is 23.1 Å².